The summed E-state index contributed by atoms with van der Waals surface area (Å²) in [4.78, 5) is 26.3. The van der Waals surface area contributed by atoms with Crippen LogP contribution < -0.4 is 9.64 Å². The Hall–Kier alpha value is -3.51. The Bertz CT molecular complexity index is 1160. The van der Waals surface area contributed by atoms with Gasteiger partial charge in [0.05, 0.1) is 18.4 Å². The van der Waals surface area contributed by atoms with E-state index in [0.29, 0.717) is 27.8 Å². The van der Waals surface area contributed by atoms with E-state index in [9.17, 15) is 9.59 Å². The maximum Gasteiger partial charge on any atom is 0.415 e. The van der Waals surface area contributed by atoms with E-state index in [1.54, 1.807) is 47.4 Å². The molecule has 0 N–H and O–H groups in total. The number of halogens is 1. The number of ether oxygens (including phenoxy) is 3. The number of carbonyl (C=O) groups is 2. The molecule has 150 valence electrons. The molecular weight excluding hydrogens is 406 g/mol. The summed E-state index contributed by atoms with van der Waals surface area (Å²) in [6.45, 7) is 0. The monoisotopic (exact) mass is 421 g/mol. The van der Waals surface area contributed by atoms with Crippen molar-refractivity contribution in [1.29, 1.82) is 0 Å². The van der Waals surface area contributed by atoms with Gasteiger partial charge in [0, 0.05) is 10.6 Å². The molecule has 0 saturated carbocycles. The molecular formula is C23H16ClNO5. The number of benzene rings is 3. The first kappa shape index (κ1) is 18.5. The van der Waals surface area contributed by atoms with Crippen LogP contribution in [0.2, 0.25) is 5.02 Å². The zero-order valence-electron chi connectivity index (χ0n) is 15.9. The van der Waals surface area contributed by atoms with Crippen LogP contribution >= 0.6 is 11.6 Å². The third kappa shape index (κ3) is 2.88. The van der Waals surface area contributed by atoms with Crippen molar-refractivity contribution < 1.29 is 23.8 Å². The van der Waals surface area contributed by atoms with Crippen molar-refractivity contribution in [2.45, 2.75) is 12.1 Å². The molecule has 5 rings (SSSR count). The summed E-state index contributed by atoms with van der Waals surface area (Å²) >= 11 is 6.22. The zero-order valence-corrected chi connectivity index (χ0v) is 16.6. The van der Waals surface area contributed by atoms with E-state index in [4.69, 9.17) is 25.8 Å². The standard InChI is InChI=1S/C23H16ClNO5/c1-28-22(26)14-8-6-13(7-9-14)21-20-16-4-2-3-5-18(16)29-19-11-10-15(24)12-17(19)25(20)23(27)30-21/h2-12,20-21H,1H3/t20-,21+/m1/s1. The minimum atomic E-state index is -0.598. The lowest BCUT2D eigenvalue weighted by Crippen LogP contribution is -2.27. The largest absolute Gasteiger partial charge is 0.465 e. The SMILES string of the molecule is COC(=O)c1ccc([C@@H]2OC(=O)N3c4cc(Cl)ccc4Oc4ccccc4[C@H]23)cc1. The summed E-state index contributed by atoms with van der Waals surface area (Å²) in [7, 11) is 1.33. The highest BCUT2D eigenvalue weighted by Crippen LogP contribution is 2.53. The van der Waals surface area contributed by atoms with Gasteiger partial charge >= 0.3 is 12.1 Å². The molecule has 6 nitrogen and oxygen atoms in total. The third-order valence-electron chi connectivity index (χ3n) is 5.29. The number of anilines is 1. The van der Waals surface area contributed by atoms with Crippen LogP contribution in [0.5, 0.6) is 11.5 Å². The lowest BCUT2D eigenvalue weighted by Gasteiger charge is -2.24. The zero-order chi connectivity index (χ0) is 20.8. The van der Waals surface area contributed by atoms with Gasteiger partial charge in [-0.05, 0) is 42.0 Å². The van der Waals surface area contributed by atoms with E-state index in [1.807, 2.05) is 24.3 Å². The fourth-order valence-corrected chi connectivity index (χ4v) is 4.07. The van der Waals surface area contributed by atoms with Crippen molar-refractivity contribution >= 4 is 29.4 Å². The highest BCUT2D eigenvalue weighted by atomic mass is 35.5. The maximum absolute atomic E-state index is 13.0. The molecule has 0 bridgehead atoms. The van der Waals surface area contributed by atoms with Crippen molar-refractivity contribution in [2.24, 2.45) is 0 Å². The molecule has 0 spiro atoms. The number of amides is 1. The van der Waals surface area contributed by atoms with Gasteiger partial charge in [-0.25, -0.2) is 9.59 Å². The summed E-state index contributed by atoms with van der Waals surface area (Å²) in [6.07, 6.45) is -1.09. The van der Waals surface area contributed by atoms with Crippen LogP contribution in [-0.4, -0.2) is 19.2 Å². The third-order valence-corrected chi connectivity index (χ3v) is 5.52. The average Bonchev–Trinajstić information content (AvgIpc) is 3.03. The Morgan fingerprint density at radius 1 is 1.03 bits per heavy atom. The van der Waals surface area contributed by atoms with Crippen LogP contribution in [0, 0.1) is 0 Å². The molecule has 0 aromatic heterocycles. The van der Waals surface area contributed by atoms with Crippen molar-refractivity contribution in [3.05, 3.63) is 88.4 Å². The van der Waals surface area contributed by atoms with Gasteiger partial charge in [-0.2, -0.15) is 0 Å². The van der Waals surface area contributed by atoms with E-state index in [2.05, 4.69) is 0 Å². The molecule has 7 heteroatoms. The highest BCUT2D eigenvalue weighted by molar-refractivity contribution is 6.31. The van der Waals surface area contributed by atoms with Gasteiger partial charge in [0.2, 0.25) is 0 Å². The van der Waals surface area contributed by atoms with Gasteiger partial charge in [0.25, 0.3) is 0 Å². The number of methoxy groups -OCH3 is 1. The van der Waals surface area contributed by atoms with E-state index >= 15 is 0 Å². The molecule has 1 fully saturated rings. The average molecular weight is 422 g/mol. The first-order valence-electron chi connectivity index (χ1n) is 9.31. The van der Waals surface area contributed by atoms with Crippen LogP contribution in [0.4, 0.5) is 10.5 Å². The number of esters is 1. The number of hydrogen-bond acceptors (Lipinski definition) is 5. The molecule has 2 heterocycles. The number of para-hydroxylation sites is 1. The number of carbonyl (C=O) groups excluding carboxylic acids is 2. The summed E-state index contributed by atoms with van der Waals surface area (Å²) < 4.78 is 16.7. The highest BCUT2D eigenvalue weighted by Gasteiger charge is 2.48. The summed E-state index contributed by atoms with van der Waals surface area (Å²) in [5.41, 5.74) is 2.54. The van der Waals surface area contributed by atoms with Gasteiger partial charge in [-0.15, -0.1) is 0 Å². The molecule has 0 unspecified atom stereocenters. The fraction of sp³-hybridized carbons (Fsp3) is 0.130. The maximum atomic E-state index is 13.0. The quantitative estimate of drug-likeness (QED) is 0.499. The lowest BCUT2D eigenvalue weighted by molar-refractivity contribution is 0.0600. The summed E-state index contributed by atoms with van der Waals surface area (Å²) in [5, 5.41) is 0.487. The topological polar surface area (TPSA) is 65.1 Å². The van der Waals surface area contributed by atoms with E-state index in [0.717, 1.165) is 11.1 Å². The Labute approximate surface area is 177 Å². The molecule has 1 amide bonds. The van der Waals surface area contributed by atoms with Crippen LogP contribution in [0.3, 0.4) is 0 Å². The molecule has 1 saturated heterocycles. The Morgan fingerprint density at radius 2 is 1.80 bits per heavy atom. The normalized spacial score (nSPS) is 19.0. The molecule has 30 heavy (non-hydrogen) atoms. The van der Waals surface area contributed by atoms with Gasteiger partial charge in [-0.1, -0.05) is 41.9 Å². The van der Waals surface area contributed by atoms with Crippen molar-refractivity contribution in [1.82, 2.24) is 0 Å². The first-order valence-corrected chi connectivity index (χ1v) is 9.69. The second-order valence-corrected chi connectivity index (χ2v) is 7.42. The van der Waals surface area contributed by atoms with E-state index in [-0.39, 0.29) is 0 Å². The fourth-order valence-electron chi connectivity index (χ4n) is 3.91. The van der Waals surface area contributed by atoms with Crippen molar-refractivity contribution in [2.75, 3.05) is 12.0 Å². The van der Waals surface area contributed by atoms with Crippen LogP contribution in [0.1, 0.15) is 33.6 Å². The number of hydrogen-bond donors (Lipinski definition) is 0. The molecule has 2 aliphatic heterocycles. The van der Waals surface area contributed by atoms with Crippen LogP contribution in [-0.2, 0) is 9.47 Å². The Morgan fingerprint density at radius 3 is 2.57 bits per heavy atom. The minimum Gasteiger partial charge on any atom is -0.465 e. The van der Waals surface area contributed by atoms with Crippen LogP contribution in [0.15, 0.2) is 66.7 Å². The number of rotatable bonds is 2. The lowest BCUT2D eigenvalue weighted by atomic mass is 9.94. The molecule has 0 radical (unpaired) electrons. The molecule has 2 aliphatic rings. The van der Waals surface area contributed by atoms with Gasteiger partial charge in [0.1, 0.15) is 11.8 Å². The van der Waals surface area contributed by atoms with E-state index < -0.39 is 24.2 Å². The van der Waals surface area contributed by atoms with Gasteiger partial charge in [-0.3, -0.25) is 4.90 Å². The molecule has 0 aliphatic carbocycles. The first-order chi connectivity index (χ1) is 14.6. The minimum absolute atomic E-state index is 0.421. The predicted molar refractivity (Wildman–Crippen MR) is 110 cm³/mol. The van der Waals surface area contributed by atoms with E-state index in [1.165, 1.54) is 7.11 Å². The summed E-state index contributed by atoms with van der Waals surface area (Å²) in [5.74, 6) is 0.736. The Kier molecular flexibility index (Phi) is 4.37. The molecule has 3 aromatic carbocycles. The van der Waals surface area contributed by atoms with Crippen molar-refractivity contribution in [3.8, 4) is 11.5 Å². The number of fused-ring (bicyclic) bond motifs is 5. The number of nitrogens with zero attached hydrogens (tertiary/aromatic N) is 1. The predicted octanol–water partition coefficient (Wildman–Crippen LogP) is 5.67. The Balaban J connectivity index is 1.65. The number of cyclic esters (lactones) is 1. The van der Waals surface area contributed by atoms with Crippen molar-refractivity contribution in [3.63, 3.8) is 0 Å². The second-order valence-electron chi connectivity index (χ2n) is 6.98. The van der Waals surface area contributed by atoms with Gasteiger partial charge < -0.3 is 14.2 Å². The van der Waals surface area contributed by atoms with Gasteiger partial charge in [0.15, 0.2) is 11.9 Å². The molecule has 2 atom stereocenters. The van der Waals surface area contributed by atoms with Crippen LogP contribution in [0.25, 0.3) is 0 Å². The summed E-state index contributed by atoms with van der Waals surface area (Å²) in [6, 6.07) is 19.1. The molecule has 3 aromatic rings. The second kappa shape index (κ2) is 7.07. The smallest absolute Gasteiger partial charge is 0.415 e.